The number of methoxy groups -OCH3 is 1. The number of imide groups is 2. The van der Waals surface area contributed by atoms with Gasteiger partial charge in [0.25, 0.3) is 23.4 Å². The highest BCUT2D eigenvalue weighted by Crippen LogP contribution is 2.35. The minimum Gasteiger partial charge on any atom is -0.493 e. The Morgan fingerprint density at radius 3 is 2.55 bits per heavy atom. The summed E-state index contributed by atoms with van der Waals surface area (Å²) in [6.07, 6.45) is 1.23. The van der Waals surface area contributed by atoms with Crippen LogP contribution in [0, 0.1) is 19.5 Å². The Labute approximate surface area is 239 Å². The Morgan fingerprint density at radius 1 is 1.15 bits per heavy atom. The fraction of sp³-hybridized carbons (Fsp3) is 0.0769. The summed E-state index contributed by atoms with van der Waals surface area (Å²) in [5, 5.41) is 15.8. The Bertz CT molecular complexity index is 1580. The van der Waals surface area contributed by atoms with Crippen molar-refractivity contribution in [3.8, 4) is 11.5 Å². The summed E-state index contributed by atoms with van der Waals surface area (Å²) >= 11 is 1.92. The van der Waals surface area contributed by atoms with Crippen LogP contribution in [-0.4, -0.2) is 42.4 Å². The molecule has 1 aliphatic heterocycles. The molecule has 0 bridgehead atoms. The van der Waals surface area contributed by atoms with Crippen molar-refractivity contribution in [3.63, 3.8) is 0 Å². The highest BCUT2D eigenvalue weighted by atomic mass is 127. The first-order valence-electron chi connectivity index (χ1n) is 11.3. The van der Waals surface area contributed by atoms with Gasteiger partial charge in [0.05, 0.1) is 21.3 Å². The number of ether oxygens (including phenoxy) is 2. The molecule has 1 saturated heterocycles. The number of nitrogens with one attached hydrogen (secondary N) is 2. The number of urea groups is 1. The molecule has 1 fully saturated rings. The Balaban J connectivity index is 1.57. The molecule has 0 saturated carbocycles. The highest BCUT2D eigenvalue weighted by molar-refractivity contribution is 14.1. The lowest BCUT2D eigenvalue weighted by atomic mass is 10.1. The van der Waals surface area contributed by atoms with E-state index in [4.69, 9.17) is 9.47 Å². The van der Waals surface area contributed by atoms with Crippen molar-refractivity contribution >= 4 is 69.5 Å². The molecule has 3 aromatic carbocycles. The first-order valence-corrected chi connectivity index (χ1v) is 12.4. The minimum atomic E-state index is -1.05. The van der Waals surface area contributed by atoms with Crippen molar-refractivity contribution in [1.82, 2.24) is 5.32 Å². The number of benzene rings is 3. The molecule has 14 heteroatoms. The fourth-order valence-electron chi connectivity index (χ4n) is 3.64. The van der Waals surface area contributed by atoms with Gasteiger partial charge in [-0.15, -0.1) is 0 Å². The zero-order valence-electron chi connectivity index (χ0n) is 20.5. The number of amides is 5. The third kappa shape index (κ3) is 6.23. The average molecular weight is 660 g/mol. The second-order valence-corrected chi connectivity index (χ2v) is 9.27. The molecule has 5 amide bonds. The topological polar surface area (TPSA) is 157 Å². The molecule has 40 heavy (non-hydrogen) atoms. The van der Waals surface area contributed by atoms with Crippen molar-refractivity contribution in [2.75, 3.05) is 23.9 Å². The van der Waals surface area contributed by atoms with E-state index in [1.165, 1.54) is 61.7 Å². The second-order valence-electron chi connectivity index (χ2n) is 8.11. The van der Waals surface area contributed by atoms with Gasteiger partial charge >= 0.3 is 6.03 Å². The van der Waals surface area contributed by atoms with E-state index in [0.717, 1.165) is 6.07 Å². The lowest BCUT2D eigenvalue weighted by Crippen LogP contribution is -2.54. The van der Waals surface area contributed by atoms with Gasteiger partial charge in [-0.1, -0.05) is 6.07 Å². The van der Waals surface area contributed by atoms with E-state index in [9.17, 15) is 33.7 Å². The Morgan fingerprint density at radius 2 is 1.88 bits per heavy atom. The predicted octanol–water partition coefficient (Wildman–Crippen LogP) is 4.03. The van der Waals surface area contributed by atoms with Crippen LogP contribution in [-0.2, 0) is 14.4 Å². The van der Waals surface area contributed by atoms with Crippen LogP contribution < -0.4 is 25.0 Å². The SMILES string of the molecule is COc1cc(/C=C2/C(=O)NC(=O)N(c3cccc([N+](=O)[O-])c3)C2=O)cc(I)c1OCC(=O)Nc1ccc(F)cc1. The normalized spacial score (nSPS) is 14.1. The number of halogens is 2. The molecule has 0 radical (unpaired) electrons. The number of nitrogens with zero attached hydrogens (tertiary/aromatic N) is 2. The number of non-ortho nitro benzene ring substituents is 1. The Hall–Kier alpha value is -4.86. The van der Waals surface area contributed by atoms with Crippen molar-refractivity contribution < 1.29 is 38.0 Å². The third-order valence-electron chi connectivity index (χ3n) is 5.44. The van der Waals surface area contributed by atoms with Gasteiger partial charge in [0.2, 0.25) is 0 Å². The van der Waals surface area contributed by atoms with Gasteiger partial charge in [-0.2, -0.15) is 0 Å². The molecule has 1 aliphatic rings. The van der Waals surface area contributed by atoms with E-state index >= 15 is 0 Å². The average Bonchev–Trinajstić information content (AvgIpc) is 2.91. The molecule has 0 spiro atoms. The molecule has 1 heterocycles. The number of carbonyl (C=O) groups excluding carboxylic acids is 4. The van der Waals surface area contributed by atoms with Crippen molar-refractivity contribution in [2.45, 2.75) is 0 Å². The number of anilines is 2. The molecule has 0 unspecified atom stereocenters. The zero-order chi connectivity index (χ0) is 29.0. The fourth-order valence-corrected chi connectivity index (χ4v) is 4.42. The number of hydrogen-bond donors (Lipinski definition) is 2. The zero-order valence-corrected chi connectivity index (χ0v) is 22.6. The van der Waals surface area contributed by atoms with Crippen LogP contribution in [0.1, 0.15) is 5.56 Å². The van der Waals surface area contributed by atoms with Crippen LogP contribution in [0.3, 0.4) is 0 Å². The van der Waals surface area contributed by atoms with E-state index in [0.29, 0.717) is 19.7 Å². The van der Waals surface area contributed by atoms with Crippen LogP contribution in [0.25, 0.3) is 6.08 Å². The second kappa shape index (κ2) is 11.9. The molecule has 2 N–H and O–H groups in total. The maximum atomic E-state index is 13.2. The monoisotopic (exact) mass is 660 g/mol. The standard InChI is InChI=1S/C26H18FIN4O8/c1-39-21-11-14(10-20(28)23(21)40-13-22(33)29-16-7-5-15(27)6-8-16)9-19-24(34)30-26(36)31(25(19)35)17-3-2-4-18(12-17)32(37)38/h2-12H,13H2,1H3,(H,29,33)(H,30,34,36)/b19-9-. The molecule has 3 aromatic rings. The predicted molar refractivity (Wildman–Crippen MR) is 148 cm³/mol. The van der Waals surface area contributed by atoms with E-state index in [1.54, 1.807) is 6.07 Å². The summed E-state index contributed by atoms with van der Waals surface area (Å²) in [4.78, 5) is 61.5. The number of barbiturate groups is 1. The largest absolute Gasteiger partial charge is 0.493 e. The van der Waals surface area contributed by atoms with Gasteiger partial charge in [-0.05, 0) is 76.7 Å². The summed E-state index contributed by atoms with van der Waals surface area (Å²) in [6.45, 7) is -0.397. The first-order chi connectivity index (χ1) is 19.1. The van der Waals surface area contributed by atoms with Gasteiger partial charge < -0.3 is 14.8 Å². The van der Waals surface area contributed by atoms with Crippen LogP contribution in [0.4, 0.5) is 26.2 Å². The molecular weight excluding hydrogens is 642 g/mol. The van der Waals surface area contributed by atoms with Crippen LogP contribution in [0.5, 0.6) is 11.5 Å². The molecular formula is C26H18FIN4O8. The molecule has 0 aliphatic carbocycles. The van der Waals surface area contributed by atoms with E-state index in [2.05, 4.69) is 10.6 Å². The van der Waals surface area contributed by atoms with E-state index in [1.807, 2.05) is 22.6 Å². The minimum absolute atomic E-state index is 0.0927. The van der Waals surface area contributed by atoms with Crippen LogP contribution in [0.2, 0.25) is 0 Å². The van der Waals surface area contributed by atoms with Crippen molar-refractivity contribution in [1.29, 1.82) is 0 Å². The Kier molecular flexibility index (Phi) is 8.37. The number of hydrogen-bond acceptors (Lipinski definition) is 8. The summed E-state index contributed by atoms with van der Waals surface area (Å²) in [7, 11) is 1.36. The lowest BCUT2D eigenvalue weighted by molar-refractivity contribution is -0.384. The summed E-state index contributed by atoms with van der Waals surface area (Å²) in [5.74, 6) is -2.49. The van der Waals surface area contributed by atoms with Crippen LogP contribution >= 0.6 is 22.6 Å². The number of nitro benzene ring substituents is 1. The lowest BCUT2D eigenvalue weighted by Gasteiger charge is -2.26. The number of rotatable bonds is 8. The summed E-state index contributed by atoms with van der Waals surface area (Å²) in [5.41, 5.74) is -0.133. The molecule has 4 rings (SSSR count). The van der Waals surface area contributed by atoms with Gasteiger partial charge in [0.15, 0.2) is 18.1 Å². The number of carbonyl (C=O) groups is 4. The van der Waals surface area contributed by atoms with E-state index in [-0.39, 0.29) is 22.9 Å². The first kappa shape index (κ1) is 28.2. The van der Waals surface area contributed by atoms with Gasteiger partial charge in [0, 0.05) is 17.8 Å². The highest BCUT2D eigenvalue weighted by Gasteiger charge is 2.37. The maximum Gasteiger partial charge on any atom is 0.335 e. The molecule has 0 atom stereocenters. The van der Waals surface area contributed by atoms with Gasteiger partial charge in [-0.25, -0.2) is 14.1 Å². The van der Waals surface area contributed by atoms with E-state index < -0.39 is 46.7 Å². The van der Waals surface area contributed by atoms with Gasteiger partial charge in [-0.3, -0.25) is 29.8 Å². The quantitative estimate of drug-likeness (QED) is 0.121. The molecule has 12 nitrogen and oxygen atoms in total. The number of nitro groups is 1. The third-order valence-corrected chi connectivity index (χ3v) is 6.24. The molecule has 204 valence electrons. The van der Waals surface area contributed by atoms with Gasteiger partial charge in [0.1, 0.15) is 11.4 Å². The summed E-state index contributed by atoms with van der Waals surface area (Å²) in [6, 6.07) is 12.0. The van der Waals surface area contributed by atoms with Crippen LogP contribution in [0.15, 0.2) is 66.2 Å². The summed E-state index contributed by atoms with van der Waals surface area (Å²) < 4.78 is 24.5. The van der Waals surface area contributed by atoms with Crippen molar-refractivity contribution in [2.24, 2.45) is 0 Å². The maximum absolute atomic E-state index is 13.2. The molecule has 0 aromatic heterocycles. The van der Waals surface area contributed by atoms with Crippen molar-refractivity contribution in [3.05, 3.63) is 91.3 Å². The smallest absolute Gasteiger partial charge is 0.335 e.